The molecule has 0 aromatic rings. The molecule has 0 amide bonds. The molecule has 0 aromatic heterocycles. The first-order chi connectivity index (χ1) is 8.85. The molecule has 0 fully saturated rings. The molecule has 0 aliphatic heterocycles. The summed E-state index contributed by atoms with van der Waals surface area (Å²) in [5, 5.41) is 8.82. The molecule has 17 heavy (non-hydrogen) atoms. The summed E-state index contributed by atoms with van der Waals surface area (Å²) >= 11 is 0. The van der Waals surface area contributed by atoms with Gasteiger partial charge in [0.05, 0.1) is 31.6 Å². The Labute approximate surface area is 106 Å². The van der Waals surface area contributed by atoms with Crippen molar-refractivity contribution in [2.75, 3.05) is 27.6 Å². The quantitative estimate of drug-likeness (QED) is 0.433. The molecule has 98 valence electrons. The third-order valence-corrected chi connectivity index (χ3v) is 1.75. The fraction of sp³-hybridized carbons (Fsp3) is 0.667. The van der Waals surface area contributed by atoms with Gasteiger partial charge in [0.1, 0.15) is 6.54 Å². The molecular formula is C12H22NO4+. The van der Waals surface area contributed by atoms with Crippen LogP contribution >= 0.6 is 0 Å². The van der Waals surface area contributed by atoms with E-state index >= 15 is 0 Å². The van der Waals surface area contributed by atoms with Crippen molar-refractivity contribution in [1.29, 1.82) is 0 Å². The molecule has 0 heterocycles. The highest BCUT2D eigenvalue weighted by Crippen LogP contribution is 2.06. The standard InChI is InChI=1S/C12H21NO4/c1-9(2)6-12(16)17-10(7-11(14)15)8-13(3,4)5/h6,10H,7-8H2,1-5H3/p+1/t10-/m1/s1/i3D3. The molecule has 1 atom stereocenters. The number of hydrogen-bond acceptors (Lipinski definition) is 3. The highest BCUT2D eigenvalue weighted by molar-refractivity contribution is 5.83. The number of nitrogens with zero attached hydrogens (tertiary/aromatic N) is 1. The van der Waals surface area contributed by atoms with Gasteiger partial charge >= 0.3 is 11.9 Å². The third kappa shape index (κ3) is 9.56. The number of esters is 1. The highest BCUT2D eigenvalue weighted by Gasteiger charge is 2.24. The summed E-state index contributed by atoms with van der Waals surface area (Å²) in [4.78, 5) is 22.3. The van der Waals surface area contributed by atoms with E-state index in [-0.39, 0.29) is 6.54 Å². The van der Waals surface area contributed by atoms with Gasteiger partial charge in [-0.1, -0.05) is 5.57 Å². The first kappa shape index (κ1) is 10.8. The lowest BCUT2D eigenvalue weighted by Crippen LogP contribution is -2.43. The first-order valence-electron chi connectivity index (χ1n) is 6.75. The van der Waals surface area contributed by atoms with E-state index in [0.717, 1.165) is 0 Å². The van der Waals surface area contributed by atoms with E-state index in [0.29, 0.717) is 5.57 Å². The van der Waals surface area contributed by atoms with Gasteiger partial charge in [-0.2, -0.15) is 0 Å². The van der Waals surface area contributed by atoms with Crippen LogP contribution in [0, 0.1) is 0 Å². The third-order valence-electron chi connectivity index (χ3n) is 1.75. The normalized spacial score (nSPS) is 16.1. The molecule has 0 aliphatic carbocycles. The van der Waals surface area contributed by atoms with Gasteiger partial charge in [0, 0.05) is 6.08 Å². The fourth-order valence-electron chi connectivity index (χ4n) is 1.28. The van der Waals surface area contributed by atoms with E-state index < -0.39 is 35.9 Å². The summed E-state index contributed by atoms with van der Waals surface area (Å²) in [6.45, 7) is 0.983. The van der Waals surface area contributed by atoms with Crippen molar-refractivity contribution in [1.82, 2.24) is 0 Å². The van der Waals surface area contributed by atoms with Crippen LogP contribution in [-0.4, -0.2) is 55.2 Å². The maximum absolute atomic E-state index is 11.5. The smallest absolute Gasteiger partial charge is 0.331 e. The monoisotopic (exact) mass is 247 g/mol. The van der Waals surface area contributed by atoms with Gasteiger partial charge in [0.25, 0.3) is 0 Å². The van der Waals surface area contributed by atoms with Crippen molar-refractivity contribution >= 4 is 11.9 Å². The number of allylic oxidation sites excluding steroid dienone is 1. The molecule has 5 nitrogen and oxygen atoms in total. The van der Waals surface area contributed by atoms with Gasteiger partial charge < -0.3 is 14.3 Å². The lowest BCUT2D eigenvalue weighted by atomic mass is 10.2. The molecule has 0 unspecified atom stereocenters. The Balaban J connectivity index is 4.95. The Kier molecular flexibility index (Phi) is 4.05. The summed E-state index contributed by atoms with van der Waals surface area (Å²) in [6.07, 6.45) is -0.185. The predicted octanol–water partition coefficient (Wildman–Crippen LogP) is 1.05. The van der Waals surface area contributed by atoms with Crippen molar-refractivity contribution in [2.45, 2.75) is 26.4 Å². The highest BCUT2D eigenvalue weighted by atomic mass is 16.5. The van der Waals surface area contributed by atoms with E-state index in [1.165, 1.54) is 20.2 Å². The summed E-state index contributed by atoms with van der Waals surface area (Å²) in [6, 6.07) is 0. The number of carbonyl (C=O) groups is 2. The lowest BCUT2D eigenvalue weighted by molar-refractivity contribution is -0.873. The number of carboxylic acid groups (broad SMARTS) is 1. The van der Waals surface area contributed by atoms with Crippen LogP contribution in [0.4, 0.5) is 0 Å². The zero-order valence-electron chi connectivity index (χ0n) is 13.7. The van der Waals surface area contributed by atoms with Crippen LogP contribution in [-0.2, 0) is 14.3 Å². The van der Waals surface area contributed by atoms with Crippen molar-refractivity contribution in [2.24, 2.45) is 0 Å². The topological polar surface area (TPSA) is 63.6 Å². The molecule has 5 heteroatoms. The Morgan fingerprint density at radius 3 is 2.47 bits per heavy atom. The number of ether oxygens (including phenoxy) is 1. The number of quaternary nitrogens is 1. The Hall–Kier alpha value is -1.36. The number of likely N-dealkylation sites (N-methyl/N-ethyl adjacent to an activating group) is 1. The van der Waals surface area contributed by atoms with E-state index in [1.54, 1.807) is 13.8 Å². The molecule has 0 aliphatic rings. The minimum Gasteiger partial charge on any atom is -0.481 e. The molecular weight excluding hydrogens is 222 g/mol. The zero-order chi connectivity index (χ0) is 16.1. The zero-order valence-corrected chi connectivity index (χ0v) is 10.7. The number of hydrogen-bond donors (Lipinski definition) is 1. The largest absolute Gasteiger partial charge is 0.481 e. The average molecular weight is 247 g/mol. The minimum absolute atomic E-state index is 0.106. The van der Waals surface area contributed by atoms with Crippen LogP contribution < -0.4 is 0 Å². The Morgan fingerprint density at radius 2 is 2.06 bits per heavy atom. The second kappa shape index (κ2) is 6.39. The summed E-state index contributed by atoms with van der Waals surface area (Å²) < 4.78 is 26.8. The van der Waals surface area contributed by atoms with Crippen molar-refractivity contribution in [3.8, 4) is 0 Å². The van der Waals surface area contributed by atoms with E-state index in [2.05, 4.69) is 0 Å². The molecule has 0 aromatic carbocycles. The van der Waals surface area contributed by atoms with Crippen LogP contribution in [0.5, 0.6) is 0 Å². The Bertz CT molecular complexity index is 398. The molecule has 0 spiro atoms. The summed E-state index contributed by atoms with van der Waals surface area (Å²) in [7, 11) is 2.88. The van der Waals surface area contributed by atoms with Crippen LogP contribution in [0.3, 0.4) is 0 Å². The predicted molar refractivity (Wildman–Crippen MR) is 64.5 cm³/mol. The molecule has 1 N–H and O–H groups in total. The van der Waals surface area contributed by atoms with Gasteiger partial charge in [-0.3, -0.25) is 4.79 Å². The van der Waals surface area contributed by atoms with Gasteiger partial charge in [-0.25, -0.2) is 4.79 Å². The average Bonchev–Trinajstić information content (AvgIpc) is 2.10. The van der Waals surface area contributed by atoms with Gasteiger partial charge in [0.15, 0.2) is 6.10 Å². The molecule has 0 radical (unpaired) electrons. The van der Waals surface area contributed by atoms with Crippen molar-refractivity contribution < 1.29 is 28.0 Å². The number of rotatable bonds is 6. The minimum atomic E-state index is -2.32. The van der Waals surface area contributed by atoms with E-state index in [1.807, 2.05) is 0 Å². The second-order valence-corrected chi connectivity index (χ2v) is 4.75. The molecule has 0 rings (SSSR count). The van der Waals surface area contributed by atoms with Crippen LogP contribution in [0.2, 0.25) is 0 Å². The van der Waals surface area contributed by atoms with Crippen LogP contribution in [0.25, 0.3) is 0 Å². The SMILES string of the molecule is [2H]C([2H])([2H])[N+](C)(C)C[C@@H](CC(=O)O)OC(=O)C=C(C)C. The Morgan fingerprint density at radius 1 is 1.47 bits per heavy atom. The van der Waals surface area contributed by atoms with E-state index in [9.17, 15) is 9.59 Å². The van der Waals surface area contributed by atoms with Gasteiger partial charge in [-0.15, -0.1) is 0 Å². The van der Waals surface area contributed by atoms with Crippen molar-refractivity contribution in [3.63, 3.8) is 0 Å². The van der Waals surface area contributed by atoms with Crippen molar-refractivity contribution in [3.05, 3.63) is 11.6 Å². The molecule has 0 saturated carbocycles. The second-order valence-electron chi connectivity index (χ2n) is 4.75. The number of carboxylic acids is 1. The first-order valence-corrected chi connectivity index (χ1v) is 5.25. The summed E-state index contributed by atoms with van der Waals surface area (Å²) in [5.74, 6) is -1.81. The molecule has 0 saturated heterocycles. The summed E-state index contributed by atoms with van der Waals surface area (Å²) in [5.41, 5.74) is 0.716. The van der Waals surface area contributed by atoms with Gasteiger partial charge in [-0.05, 0) is 13.8 Å². The van der Waals surface area contributed by atoms with Crippen LogP contribution in [0.15, 0.2) is 11.6 Å². The maximum Gasteiger partial charge on any atom is 0.331 e. The number of aliphatic carboxylic acids is 1. The maximum atomic E-state index is 11.5. The molecule has 0 bridgehead atoms. The van der Waals surface area contributed by atoms with Gasteiger partial charge in [0.2, 0.25) is 0 Å². The lowest BCUT2D eigenvalue weighted by Gasteiger charge is -2.28. The fourth-order valence-corrected chi connectivity index (χ4v) is 1.28. The number of carbonyl (C=O) groups excluding carboxylic acids is 1. The van der Waals surface area contributed by atoms with Crippen LogP contribution in [0.1, 0.15) is 24.4 Å². The van der Waals surface area contributed by atoms with E-state index in [4.69, 9.17) is 14.0 Å².